The van der Waals surface area contributed by atoms with Crippen molar-refractivity contribution >= 4 is 11.9 Å². The second-order valence-electron chi connectivity index (χ2n) is 6.22. The van der Waals surface area contributed by atoms with Gasteiger partial charge in [-0.25, -0.2) is 0 Å². The van der Waals surface area contributed by atoms with E-state index >= 15 is 0 Å². The summed E-state index contributed by atoms with van der Waals surface area (Å²) in [4.78, 5) is 12.6. The Balaban J connectivity index is 1.72. The summed E-state index contributed by atoms with van der Waals surface area (Å²) >= 11 is 0. The second kappa shape index (κ2) is 9.09. The van der Waals surface area contributed by atoms with E-state index in [1.54, 1.807) is 12.1 Å². The number of nitrogens with one attached hydrogen (secondary N) is 1. The molecule has 0 saturated heterocycles. The molecular formula is C21H23N3O5. The van der Waals surface area contributed by atoms with Crippen molar-refractivity contribution in [2.75, 3.05) is 26.6 Å². The van der Waals surface area contributed by atoms with Crippen LogP contribution in [0.4, 0.5) is 6.01 Å². The van der Waals surface area contributed by atoms with Crippen molar-refractivity contribution in [1.82, 2.24) is 10.2 Å². The highest BCUT2D eigenvalue weighted by atomic mass is 16.5. The highest BCUT2D eigenvalue weighted by molar-refractivity contribution is 6.04. The van der Waals surface area contributed by atoms with E-state index in [4.69, 9.17) is 18.6 Å². The molecule has 0 spiro atoms. The molecule has 29 heavy (non-hydrogen) atoms. The number of aryl methyl sites for hydroxylation is 1. The minimum atomic E-state index is -0.438. The number of aromatic nitrogens is 2. The number of nitrogens with zero attached hydrogens (tertiary/aromatic N) is 2. The highest BCUT2D eigenvalue weighted by Crippen LogP contribution is 2.38. The average Bonchev–Trinajstić information content (AvgIpc) is 3.19. The summed E-state index contributed by atoms with van der Waals surface area (Å²) in [7, 11) is 4.46. The van der Waals surface area contributed by atoms with Crippen molar-refractivity contribution in [2.24, 2.45) is 0 Å². The van der Waals surface area contributed by atoms with E-state index in [-0.39, 0.29) is 6.01 Å². The van der Waals surface area contributed by atoms with Crippen LogP contribution in [-0.4, -0.2) is 37.4 Å². The zero-order chi connectivity index (χ0) is 20.8. The third kappa shape index (κ3) is 4.66. The fraction of sp³-hybridized carbons (Fsp3) is 0.286. The standard InChI is InChI=1S/C21H23N3O5/c1-5-13-6-8-14(9-7-13)10-18-23-24-21(29-18)22-20(25)15-11-16(26-2)19(28-4)17(12-15)27-3/h6-9,11-12H,5,10H2,1-4H3,(H,22,24,25). The first-order chi connectivity index (χ1) is 14.1. The number of benzene rings is 2. The highest BCUT2D eigenvalue weighted by Gasteiger charge is 2.18. The summed E-state index contributed by atoms with van der Waals surface area (Å²) in [5.41, 5.74) is 2.61. The van der Waals surface area contributed by atoms with Crippen LogP contribution >= 0.6 is 0 Å². The van der Waals surface area contributed by atoms with Gasteiger partial charge in [-0.1, -0.05) is 36.3 Å². The predicted octanol–water partition coefficient (Wildman–Crippen LogP) is 3.50. The lowest BCUT2D eigenvalue weighted by molar-refractivity contribution is 0.102. The van der Waals surface area contributed by atoms with E-state index in [2.05, 4.69) is 34.6 Å². The van der Waals surface area contributed by atoms with Crippen molar-refractivity contribution in [2.45, 2.75) is 19.8 Å². The van der Waals surface area contributed by atoms with Gasteiger partial charge >= 0.3 is 6.01 Å². The van der Waals surface area contributed by atoms with Crippen molar-refractivity contribution in [3.63, 3.8) is 0 Å². The van der Waals surface area contributed by atoms with E-state index in [1.165, 1.54) is 26.9 Å². The molecule has 0 aliphatic carbocycles. The van der Waals surface area contributed by atoms with Gasteiger partial charge in [0.2, 0.25) is 11.6 Å². The first kappa shape index (κ1) is 20.2. The van der Waals surface area contributed by atoms with Crippen molar-refractivity contribution < 1.29 is 23.4 Å². The Bertz CT molecular complexity index is 957. The van der Waals surface area contributed by atoms with Gasteiger partial charge in [-0.2, -0.15) is 0 Å². The molecule has 3 rings (SSSR count). The van der Waals surface area contributed by atoms with Gasteiger partial charge in [-0.05, 0) is 29.7 Å². The van der Waals surface area contributed by atoms with Crippen LogP contribution in [0.5, 0.6) is 17.2 Å². The number of methoxy groups -OCH3 is 3. The van der Waals surface area contributed by atoms with E-state index in [0.717, 1.165) is 12.0 Å². The Morgan fingerprint density at radius 3 is 2.14 bits per heavy atom. The normalized spacial score (nSPS) is 10.5. The Morgan fingerprint density at radius 2 is 1.59 bits per heavy atom. The molecule has 0 bridgehead atoms. The van der Waals surface area contributed by atoms with Crippen LogP contribution in [-0.2, 0) is 12.8 Å². The van der Waals surface area contributed by atoms with Crippen LogP contribution in [0, 0.1) is 0 Å². The van der Waals surface area contributed by atoms with Crippen molar-refractivity contribution in [1.29, 1.82) is 0 Å². The van der Waals surface area contributed by atoms with E-state index < -0.39 is 5.91 Å². The first-order valence-electron chi connectivity index (χ1n) is 9.09. The van der Waals surface area contributed by atoms with Crippen molar-refractivity contribution in [3.8, 4) is 17.2 Å². The number of amides is 1. The summed E-state index contributed by atoms with van der Waals surface area (Å²) in [6.45, 7) is 2.11. The number of carbonyl (C=O) groups excluding carboxylic acids is 1. The van der Waals surface area contributed by atoms with E-state index in [9.17, 15) is 4.79 Å². The number of ether oxygens (including phenoxy) is 3. The maximum atomic E-state index is 12.6. The number of hydrogen-bond acceptors (Lipinski definition) is 7. The largest absolute Gasteiger partial charge is 0.493 e. The molecule has 0 aliphatic rings. The van der Waals surface area contributed by atoms with Gasteiger partial charge in [0.25, 0.3) is 5.91 Å². The predicted molar refractivity (Wildman–Crippen MR) is 107 cm³/mol. The third-order valence-electron chi connectivity index (χ3n) is 4.40. The summed E-state index contributed by atoms with van der Waals surface area (Å²) in [6.07, 6.45) is 1.47. The number of carbonyl (C=O) groups is 1. The lowest BCUT2D eigenvalue weighted by Crippen LogP contribution is -2.13. The molecule has 152 valence electrons. The lowest BCUT2D eigenvalue weighted by atomic mass is 10.1. The molecule has 0 aliphatic heterocycles. The molecule has 8 nitrogen and oxygen atoms in total. The number of hydrogen-bond donors (Lipinski definition) is 1. The maximum Gasteiger partial charge on any atom is 0.322 e. The van der Waals surface area contributed by atoms with E-state index in [0.29, 0.717) is 35.1 Å². The monoisotopic (exact) mass is 397 g/mol. The van der Waals surface area contributed by atoms with Gasteiger partial charge in [0, 0.05) is 5.56 Å². The zero-order valence-corrected chi connectivity index (χ0v) is 16.8. The number of anilines is 1. The second-order valence-corrected chi connectivity index (χ2v) is 6.22. The summed E-state index contributed by atoms with van der Waals surface area (Å²) in [5.74, 6) is 1.12. The molecule has 1 amide bonds. The summed E-state index contributed by atoms with van der Waals surface area (Å²) in [6, 6.07) is 11.3. The zero-order valence-electron chi connectivity index (χ0n) is 16.8. The van der Waals surface area contributed by atoms with Gasteiger partial charge in [-0.3, -0.25) is 10.1 Å². The molecule has 0 radical (unpaired) electrons. The van der Waals surface area contributed by atoms with Gasteiger partial charge in [0.05, 0.1) is 27.8 Å². The quantitative estimate of drug-likeness (QED) is 0.621. The first-order valence-corrected chi connectivity index (χ1v) is 9.09. The topological polar surface area (TPSA) is 95.7 Å². The number of rotatable bonds is 8. The minimum absolute atomic E-state index is 0.0175. The average molecular weight is 397 g/mol. The molecule has 1 N–H and O–H groups in total. The van der Waals surface area contributed by atoms with Crippen LogP contribution in [0.3, 0.4) is 0 Å². The SMILES string of the molecule is CCc1ccc(Cc2nnc(NC(=O)c3cc(OC)c(OC)c(OC)c3)o2)cc1. The fourth-order valence-corrected chi connectivity index (χ4v) is 2.82. The Kier molecular flexibility index (Phi) is 6.33. The van der Waals surface area contributed by atoms with Crippen LogP contribution < -0.4 is 19.5 Å². The smallest absolute Gasteiger partial charge is 0.322 e. The molecule has 2 aromatic carbocycles. The minimum Gasteiger partial charge on any atom is -0.493 e. The molecule has 0 fully saturated rings. The maximum absolute atomic E-state index is 12.6. The molecule has 1 heterocycles. The van der Waals surface area contributed by atoms with Gasteiger partial charge < -0.3 is 18.6 Å². The van der Waals surface area contributed by atoms with Crippen LogP contribution in [0.2, 0.25) is 0 Å². The Labute approximate surface area is 168 Å². The Morgan fingerprint density at radius 1 is 0.966 bits per heavy atom. The van der Waals surface area contributed by atoms with E-state index in [1.807, 2.05) is 12.1 Å². The van der Waals surface area contributed by atoms with Crippen LogP contribution in [0.15, 0.2) is 40.8 Å². The Hall–Kier alpha value is -3.55. The molecule has 1 aromatic heterocycles. The fourth-order valence-electron chi connectivity index (χ4n) is 2.82. The van der Waals surface area contributed by atoms with Gasteiger partial charge in [0.1, 0.15) is 0 Å². The molecule has 0 atom stereocenters. The van der Waals surface area contributed by atoms with Gasteiger partial charge in [0.15, 0.2) is 11.5 Å². The molecule has 3 aromatic rings. The molecule has 0 unspecified atom stereocenters. The van der Waals surface area contributed by atoms with Crippen molar-refractivity contribution in [3.05, 3.63) is 59.0 Å². The van der Waals surface area contributed by atoms with Crippen LogP contribution in [0.1, 0.15) is 34.3 Å². The van der Waals surface area contributed by atoms with Gasteiger partial charge in [-0.15, -0.1) is 5.10 Å². The molecule has 0 saturated carbocycles. The summed E-state index contributed by atoms with van der Waals surface area (Å²) in [5, 5.41) is 10.5. The lowest BCUT2D eigenvalue weighted by Gasteiger charge is -2.13. The molecular weight excluding hydrogens is 374 g/mol. The van der Waals surface area contributed by atoms with Crippen LogP contribution in [0.25, 0.3) is 0 Å². The third-order valence-corrected chi connectivity index (χ3v) is 4.40. The molecule has 8 heteroatoms. The summed E-state index contributed by atoms with van der Waals surface area (Å²) < 4.78 is 21.4.